The molecule has 1 aromatic carbocycles. The van der Waals surface area contributed by atoms with Gasteiger partial charge in [0.2, 0.25) is 17.3 Å². The lowest BCUT2D eigenvalue weighted by molar-refractivity contribution is 0.308. The molecule has 0 saturated carbocycles. The Morgan fingerprint density at radius 2 is 2.05 bits per heavy atom. The van der Waals surface area contributed by atoms with Gasteiger partial charge in [0.05, 0.1) is 0 Å². The van der Waals surface area contributed by atoms with Crippen LogP contribution in [0.5, 0.6) is 0 Å². The molecule has 2 aromatic heterocycles. The van der Waals surface area contributed by atoms with E-state index in [9.17, 15) is 4.39 Å². The van der Waals surface area contributed by atoms with Crippen LogP contribution >= 0.6 is 15.9 Å². The Hall–Kier alpha value is -2.29. The molecule has 3 aromatic rings. The van der Waals surface area contributed by atoms with Crippen LogP contribution in [0.15, 0.2) is 31.8 Å². The predicted molar refractivity (Wildman–Crippen MR) is 65.1 cm³/mol. The van der Waals surface area contributed by atoms with Gasteiger partial charge < -0.3 is 10.3 Å². The summed E-state index contributed by atoms with van der Waals surface area (Å²) in [5.41, 5.74) is 6.10. The molecule has 2 heterocycles. The van der Waals surface area contributed by atoms with Crippen LogP contribution in [0.25, 0.3) is 23.0 Å². The van der Waals surface area contributed by atoms with Gasteiger partial charge in [-0.2, -0.15) is 4.98 Å². The van der Waals surface area contributed by atoms with Crippen molar-refractivity contribution in [3.63, 3.8) is 0 Å². The van der Waals surface area contributed by atoms with Crippen LogP contribution in [0, 0.1) is 5.82 Å². The van der Waals surface area contributed by atoms with Crippen LogP contribution in [0.1, 0.15) is 0 Å². The summed E-state index contributed by atoms with van der Waals surface area (Å²) >= 11 is 3.28. The van der Waals surface area contributed by atoms with Crippen LogP contribution in [0.4, 0.5) is 10.2 Å². The fourth-order valence-electron chi connectivity index (χ4n) is 1.44. The van der Waals surface area contributed by atoms with Crippen molar-refractivity contribution < 1.29 is 13.5 Å². The second-order valence-corrected chi connectivity index (χ2v) is 4.40. The second-order valence-electron chi connectivity index (χ2n) is 3.55. The summed E-state index contributed by atoms with van der Waals surface area (Å²) in [6, 6.07) is 4.14. The molecule has 0 bridgehead atoms. The molecular weight excluding hydrogens is 321 g/mol. The van der Waals surface area contributed by atoms with E-state index in [0.717, 1.165) is 0 Å². The molecule has 0 fully saturated rings. The van der Waals surface area contributed by atoms with E-state index in [1.165, 1.54) is 12.1 Å². The van der Waals surface area contributed by atoms with Crippen molar-refractivity contribution in [3.8, 4) is 23.0 Å². The van der Waals surface area contributed by atoms with Gasteiger partial charge in [0.25, 0.3) is 5.89 Å². The van der Waals surface area contributed by atoms with E-state index in [0.29, 0.717) is 10.0 Å². The molecule has 0 saturated heterocycles. The summed E-state index contributed by atoms with van der Waals surface area (Å²) in [4.78, 5) is 4.07. The minimum Gasteiger partial charge on any atom is -0.379 e. The van der Waals surface area contributed by atoms with Gasteiger partial charge >= 0.3 is 0 Å². The number of rotatable bonds is 2. The zero-order chi connectivity index (χ0) is 13.4. The van der Waals surface area contributed by atoms with Crippen LogP contribution in [-0.2, 0) is 0 Å². The molecule has 2 N–H and O–H groups in total. The van der Waals surface area contributed by atoms with Gasteiger partial charge in [0.1, 0.15) is 5.82 Å². The fraction of sp³-hybridized carbons (Fsp3) is 0. The van der Waals surface area contributed by atoms with Crippen LogP contribution in [-0.4, -0.2) is 20.5 Å². The number of aromatic nitrogens is 4. The maximum absolute atomic E-state index is 13.2. The van der Waals surface area contributed by atoms with E-state index in [1.54, 1.807) is 6.07 Å². The molecule has 0 unspecified atom stereocenters. The maximum Gasteiger partial charge on any atom is 0.284 e. The first kappa shape index (κ1) is 11.8. The van der Waals surface area contributed by atoms with E-state index in [1.807, 2.05) is 0 Å². The zero-order valence-corrected chi connectivity index (χ0v) is 10.8. The Kier molecular flexibility index (Phi) is 2.75. The Morgan fingerprint density at radius 1 is 1.21 bits per heavy atom. The molecular formula is C10H5BrFN5O2. The monoisotopic (exact) mass is 325 g/mol. The molecule has 0 aliphatic carbocycles. The average Bonchev–Trinajstić information content (AvgIpc) is 3.00. The van der Waals surface area contributed by atoms with E-state index in [2.05, 4.69) is 41.0 Å². The third-order valence-corrected chi connectivity index (χ3v) is 3.00. The number of nitrogens with zero attached hydrogens (tertiary/aromatic N) is 4. The number of benzene rings is 1. The normalized spacial score (nSPS) is 10.8. The van der Waals surface area contributed by atoms with Crippen molar-refractivity contribution in [1.82, 2.24) is 20.5 Å². The minimum atomic E-state index is -0.410. The van der Waals surface area contributed by atoms with Crippen molar-refractivity contribution in [2.75, 3.05) is 5.73 Å². The Morgan fingerprint density at radius 3 is 2.79 bits per heavy atom. The third kappa shape index (κ3) is 2.08. The number of nitrogens with two attached hydrogens (primary N) is 1. The van der Waals surface area contributed by atoms with Crippen molar-refractivity contribution in [2.24, 2.45) is 0 Å². The smallest absolute Gasteiger partial charge is 0.284 e. The van der Waals surface area contributed by atoms with Crippen molar-refractivity contribution in [1.29, 1.82) is 0 Å². The van der Waals surface area contributed by atoms with E-state index in [4.69, 9.17) is 10.3 Å². The molecule has 96 valence electrons. The third-order valence-electron chi connectivity index (χ3n) is 2.31. The molecule has 0 atom stereocenters. The lowest BCUT2D eigenvalue weighted by Crippen LogP contribution is -1.89. The van der Waals surface area contributed by atoms with Crippen molar-refractivity contribution >= 4 is 21.7 Å². The van der Waals surface area contributed by atoms with Crippen molar-refractivity contribution in [3.05, 3.63) is 28.5 Å². The SMILES string of the molecule is Nc1nonc1-c1nc(-c2cc(F)ccc2Br)no1. The van der Waals surface area contributed by atoms with Gasteiger partial charge in [-0.1, -0.05) is 21.1 Å². The number of halogens is 2. The highest BCUT2D eigenvalue weighted by molar-refractivity contribution is 9.10. The predicted octanol–water partition coefficient (Wildman–Crippen LogP) is 2.27. The minimum absolute atomic E-state index is 0.0357. The highest BCUT2D eigenvalue weighted by Crippen LogP contribution is 2.29. The van der Waals surface area contributed by atoms with Gasteiger partial charge in [0.15, 0.2) is 0 Å². The lowest BCUT2D eigenvalue weighted by Gasteiger charge is -1.98. The molecule has 0 spiro atoms. The standard InChI is InChI=1S/C10H5BrFN5O2/c11-6-2-1-4(12)3-5(6)9-14-10(18-17-9)7-8(13)16-19-15-7/h1-3H,(H2,13,16). The molecule has 7 nitrogen and oxygen atoms in total. The topological polar surface area (TPSA) is 104 Å². The summed E-state index contributed by atoms with van der Waals surface area (Å²) in [6.45, 7) is 0. The van der Waals surface area contributed by atoms with Gasteiger partial charge in [0, 0.05) is 10.0 Å². The number of nitrogen functional groups attached to an aromatic ring is 1. The van der Waals surface area contributed by atoms with E-state index >= 15 is 0 Å². The fourth-order valence-corrected chi connectivity index (χ4v) is 1.87. The molecule has 9 heteroatoms. The summed E-state index contributed by atoms with van der Waals surface area (Å²) in [5, 5.41) is 10.7. The Balaban J connectivity index is 2.06. The number of anilines is 1. The lowest BCUT2D eigenvalue weighted by atomic mass is 10.2. The van der Waals surface area contributed by atoms with Crippen LogP contribution in [0.3, 0.4) is 0 Å². The Labute approximate surface area is 113 Å². The molecule has 0 aliphatic heterocycles. The van der Waals surface area contributed by atoms with Crippen LogP contribution < -0.4 is 5.73 Å². The molecule has 19 heavy (non-hydrogen) atoms. The summed E-state index contributed by atoms with van der Waals surface area (Å²) < 4.78 is 23.3. The van der Waals surface area contributed by atoms with Crippen LogP contribution in [0.2, 0.25) is 0 Å². The largest absolute Gasteiger partial charge is 0.379 e. The molecule has 0 aliphatic rings. The summed E-state index contributed by atoms with van der Waals surface area (Å²) in [7, 11) is 0. The average molecular weight is 326 g/mol. The first-order valence-corrected chi connectivity index (χ1v) is 5.82. The molecule has 0 radical (unpaired) electrons. The van der Waals surface area contributed by atoms with E-state index in [-0.39, 0.29) is 23.2 Å². The number of hydrogen-bond donors (Lipinski definition) is 1. The number of hydrogen-bond acceptors (Lipinski definition) is 7. The zero-order valence-electron chi connectivity index (χ0n) is 9.17. The van der Waals surface area contributed by atoms with E-state index < -0.39 is 5.82 Å². The second kappa shape index (κ2) is 4.43. The van der Waals surface area contributed by atoms with Gasteiger partial charge in [-0.25, -0.2) is 9.02 Å². The molecule has 3 rings (SSSR count). The quantitative estimate of drug-likeness (QED) is 0.770. The van der Waals surface area contributed by atoms with Gasteiger partial charge in [-0.3, -0.25) is 0 Å². The molecule has 0 amide bonds. The summed E-state index contributed by atoms with van der Waals surface area (Å²) in [5.74, 6) is -0.130. The first-order chi connectivity index (χ1) is 9.15. The van der Waals surface area contributed by atoms with Crippen molar-refractivity contribution in [2.45, 2.75) is 0 Å². The van der Waals surface area contributed by atoms with Gasteiger partial charge in [-0.15, -0.1) is 0 Å². The highest BCUT2D eigenvalue weighted by Gasteiger charge is 2.19. The van der Waals surface area contributed by atoms with Gasteiger partial charge in [-0.05, 0) is 28.5 Å². The Bertz CT molecular complexity index is 741. The first-order valence-electron chi connectivity index (χ1n) is 5.02. The maximum atomic E-state index is 13.2. The summed E-state index contributed by atoms with van der Waals surface area (Å²) in [6.07, 6.45) is 0. The highest BCUT2D eigenvalue weighted by atomic mass is 79.9.